The molecular weight excluding hydrogens is 308 g/mol. The Morgan fingerprint density at radius 2 is 1.42 bits per heavy atom. The van der Waals surface area contributed by atoms with Crippen LogP contribution in [-0.4, -0.2) is 8.32 Å². The van der Waals surface area contributed by atoms with Crippen molar-refractivity contribution in [1.29, 1.82) is 0 Å². The van der Waals surface area contributed by atoms with E-state index in [0.29, 0.717) is 5.92 Å². The molecule has 0 aromatic heterocycles. The predicted molar refractivity (Wildman–Crippen MR) is 110 cm³/mol. The largest absolute Gasteiger partial charge is 0.410 e. The van der Waals surface area contributed by atoms with Gasteiger partial charge in [-0.1, -0.05) is 90.6 Å². The summed E-state index contributed by atoms with van der Waals surface area (Å²) in [4.78, 5) is 0. The lowest BCUT2D eigenvalue weighted by Gasteiger charge is -2.42. The summed E-state index contributed by atoms with van der Waals surface area (Å²) >= 11 is 0. The third-order valence-corrected chi connectivity index (χ3v) is 10.1. The second-order valence-corrected chi connectivity index (χ2v) is 13.5. The van der Waals surface area contributed by atoms with Crippen LogP contribution in [0.25, 0.3) is 0 Å². The van der Waals surface area contributed by atoms with E-state index in [1.54, 1.807) is 0 Å². The van der Waals surface area contributed by atoms with Crippen LogP contribution < -0.4 is 0 Å². The van der Waals surface area contributed by atoms with E-state index in [2.05, 4.69) is 78.0 Å². The number of benzene rings is 1. The molecule has 1 aromatic carbocycles. The average Bonchev–Trinajstić information content (AvgIpc) is 2.53. The van der Waals surface area contributed by atoms with Gasteiger partial charge in [-0.25, -0.2) is 0 Å². The van der Waals surface area contributed by atoms with Crippen LogP contribution in [0.5, 0.6) is 0 Å². The monoisotopic (exact) mass is 348 g/mol. The highest BCUT2D eigenvalue weighted by atomic mass is 28.4. The summed E-state index contributed by atoms with van der Waals surface area (Å²) in [5, 5.41) is 0.250. The Morgan fingerprint density at radius 1 is 0.917 bits per heavy atom. The van der Waals surface area contributed by atoms with E-state index in [-0.39, 0.29) is 11.1 Å². The summed E-state index contributed by atoms with van der Waals surface area (Å²) in [5.41, 5.74) is 1.37. The van der Waals surface area contributed by atoms with E-state index in [4.69, 9.17) is 4.43 Å². The van der Waals surface area contributed by atoms with Crippen molar-refractivity contribution in [3.05, 3.63) is 35.9 Å². The highest BCUT2D eigenvalue weighted by Gasteiger charge is 2.40. The number of hydrogen-bond donors (Lipinski definition) is 0. The van der Waals surface area contributed by atoms with Crippen LogP contribution >= 0.6 is 0 Å². The zero-order chi connectivity index (χ0) is 18.2. The fourth-order valence-electron chi connectivity index (χ4n) is 2.95. The highest BCUT2D eigenvalue weighted by Crippen LogP contribution is 2.43. The molecule has 24 heavy (non-hydrogen) atoms. The minimum atomic E-state index is -1.79. The van der Waals surface area contributed by atoms with E-state index in [0.717, 1.165) is 0 Å². The third kappa shape index (κ3) is 6.37. The number of unbranched alkanes of at least 4 members (excludes halogenated alkanes) is 2. The molecule has 0 N–H and O–H groups in total. The molecule has 0 saturated heterocycles. The van der Waals surface area contributed by atoms with Gasteiger partial charge in [0.2, 0.25) is 0 Å². The van der Waals surface area contributed by atoms with Crippen molar-refractivity contribution in [1.82, 2.24) is 0 Å². The molecule has 0 bridgehead atoms. The fourth-order valence-corrected chi connectivity index (χ4v) is 4.27. The molecule has 0 radical (unpaired) electrons. The summed E-state index contributed by atoms with van der Waals surface area (Å²) < 4.78 is 6.98. The van der Waals surface area contributed by atoms with E-state index in [1.165, 1.54) is 44.1 Å². The first-order chi connectivity index (χ1) is 11.2. The van der Waals surface area contributed by atoms with Crippen molar-refractivity contribution >= 4 is 8.32 Å². The maximum Gasteiger partial charge on any atom is 0.192 e. The van der Waals surface area contributed by atoms with Crippen LogP contribution in [0.1, 0.15) is 84.8 Å². The topological polar surface area (TPSA) is 9.23 Å². The van der Waals surface area contributed by atoms with Crippen LogP contribution in [0.4, 0.5) is 0 Å². The van der Waals surface area contributed by atoms with E-state index in [1.807, 2.05) is 0 Å². The van der Waals surface area contributed by atoms with Gasteiger partial charge in [-0.2, -0.15) is 0 Å². The molecule has 0 fully saturated rings. The molecule has 0 amide bonds. The Kier molecular flexibility index (Phi) is 8.73. The van der Waals surface area contributed by atoms with Crippen molar-refractivity contribution in [2.24, 2.45) is 5.92 Å². The van der Waals surface area contributed by atoms with Gasteiger partial charge in [-0.3, -0.25) is 0 Å². The summed E-state index contributed by atoms with van der Waals surface area (Å²) in [6.07, 6.45) is 7.96. The molecule has 1 aromatic rings. The van der Waals surface area contributed by atoms with Gasteiger partial charge in [-0.15, -0.1) is 0 Å². The minimum absolute atomic E-state index is 0.250. The Hall–Kier alpha value is -0.603. The molecule has 0 spiro atoms. The molecule has 0 heterocycles. The van der Waals surface area contributed by atoms with Gasteiger partial charge in [0.25, 0.3) is 0 Å². The maximum atomic E-state index is 6.98. The standard InChI is InChI=1S/C22H40OSi/c1-8-10-15-19(16-11-9-2)21(20-17-13-12-14-18-20)23-24(6,7)22(3,4)5/h12-14,17-19,21H,8-11,15-16H2,1-7H3. The van der Waals surface area contributed by atoms with E-state index < -0.39 is 8.32 Å². The van der Waals surface area contributed by atoms with Crippen molar-refractivity contribution in [3.8, 4) is 0 Å². The van der Waals surface area contributed by atoms with Crippen LogP contribution in [0.3, 0.4) is 0 Å². The number of hydrogen-bond acceptors (Lipinski definition) is 1. The smallest absolute Gasteiger partial charge is 0.192 e. The lowest BCUT2D eigenvalue weighted by atomic mass is 9.87. The summed E-state index contributed by atoms with van der Waals surface area (Å²) in [5.74, 6) is 0.640. The first kappa shape index (κ1) is 21.4. The van der Waals surface area contributed by atoms with Crippen molar-refractivity contribution < 1.29 is 4.43 Å². The molecule has 0 saturated carbocycles. The van der Waals surface area contributed by atoms with E-state index >= 15 is 0 Å². The first-order valence-corrected chi connectivity index (χ1v) is 12.9. The summed E-state index contributed by atoms with van der Waals surface area (Å²) in [6, 6.07) is 11.0. The Balaban J connectivity index is 3.10. The molecule has 0 aliphatic rings. The molecule has 0 aliphatic carbocycles. The zero-order valence-electron chi connectivity index (χ0n) is 17.2. The molecule has 138 valence electrons. The average molecular weight is 349 g/mol. The number of rotatable bonds is 10. The molecular formula is C22H40OSi. The van der Waals surface area contributed by atoms with Crippen molar-refractivity contribution in [2.45, 2.75) is 97.4 Å². The Labute approximate surface area is 152 Å². The Bertz CT molecular complexity index is 439. The van der Waals surface area contributed by atoms with Crippen LogP contribution in [0, 0.1) is 5.92 Å². The predicted octanol–water partition coefficient (Wildman–Crippen LogP) is 7.75. The molecule has 0 aliphatic heterocycles. The van der Waals surface area contributed by atoms with Crippen LogP contribution in [-0.2, 0) is 4.43 Å². The third-order valence-electron chi connectivity index (χ3n) is 5.64. The molecule has 1 nitrogen and oxygen atoms in total. The lowest BCUT2D eigenvalue weighted by Crippen LogP contribution is -2.43. The van der Waals surface area contributed by atoms with Gasteiger partial charge < -0.3 is 4.43 Å². The Morgan fingerprint density at radius 3 is 1.83 bits per heavy atom. The summed E-state index contributed by atoms with van der Waals surface area (Å²) in [7, 11) is -1.79. The normalized spacial score (nSPS) is 14.2. The van der Waals surface area contributed by atoms with Crippen LogP contribution in [0.15, 0.2) is 30.3 Å². The van der Waals surface area contributed by atoms with E-state index in [9.17, 15) is 0 Å². The zero-order valence-corrected chi connectivity index (χ0v) is 18.2. The van der Waals surface area contributed by atoms with Crippen molar-refractivity contribution in [3.63, 3.8) is 0 Å². The molecule has 1 rings (SSSR count). The minimum Gasteiger partial charge on any atom is -0.410 e. The SMILES string of the molecule is CCCCC(CCCC)C(O[Si](C)(C)C(C)(C)C)c1ccccc1. The first-order valence-electron chi connectivity index (χ1n) is 9.95. The lowest BCUT2D eigenvalue weighted by molar-refractivity contribution is 0.104. The quantitative estimate of drug-likeness (QED) is 0.393. The maximum absolute atomic E-state index is 6.98. The van der Waals surface area contributed by atoms with Gasteiger partial charge in [-0.05, 0) is 42.5 Å². The second kappa shape index (κ2) is 9.77. The van der Waals surface area contributed by atoms with Gasteiger partial charge in [0.1, 0.15) is 0 Å². The van der Waals surface area contributed by atoms with Gasteiger partial charge in [0.15, 0.2) is 8.32 Å². The molecule has 2 heteroatoms. The van der Waals surface area contributed by atoms with Gasteiger partial charge in [0, 0.05) is 0 Å². The van der Waals surface area contributed by atoms with Gasteiger partial charge in [0.05, 0.1) is 6.10 Å². The van der Waals surface area contributed by atoms with Crippen LogP contribution in [0.2, 0.25) is 18.1 Å². The molecule has 1 atom stereocenters. The van der Waals surface area contributed by atoms with Gasteiger partial charge >= 0.3 is 0 Å². The van der Waals surface area contributed by atoms with Crippen molar-refractivity contribution in [2.75, 3.05) is 0 Å². The molecule has 1 unspecified atom stereocenters. The second-order valence-electron chi connectivity index (χ2n) is 8.75. The summed E-state index contributed by atoms with van der Waals surface area (Å²) in [6.45, 7) is 16.4. The fraction of sp³-hybridized carbons (Fsp3) is 0.727. The highest BCUT2D eigenvalue weighted by molar-refractivity contribution is 6.74.